The molecule has 3 rings (SSSR count). The van der Waals surface area contributed by atoms with Crippen molar-refractivity contribution in [2.45, 2.75) is 38.5 Å². The highest BCUT2D eigenvalue weighted by molar-refractivity contribution is 7.86. The number of hydrogen-bond donors (Lipinski definition) is 1. The third kappa shape index (κ3) is 4.83. The summed E-state index contributed by atoms with van der Waals surface area (Å²) in [4.78, 5) is 12.5. The minimum Gasteiger partial charge on any atom is -0.323 e. The van der Waals surface area contributed by atoms with Crippen LogP contribution in [0.25, 0.3) is 0 Å². The van der Waals surface area contributed by atoms with Gasteiger partial charge in [0.2, 0.25) is 5.91 Å². The lowest BCUT2D eigenvalue weighted by Gasteiger charge is -2.34. The maximum absolute atomic E-state index is 13.8. The first-order valence-electron chi connectivity index (χ1n) is 9.39. The van der Waals surface area contributed by atoms with E-state index in [1.807, 2.05) is 0 Å². The lowest BCUT2D eigenvalue weighted by Crippen LogP contribution is -2.50. The summed E-state index contributed by atoms with van der Waals surface area (Å²) < 4.78 is 55.8. The molecule has 2 saturated heterocycles. The monoisotopic (exact) mass is 401 g/mol. The molecule has 2 aliphatic heterocycles. The number of halogens is 2. The molecular weight excluding hydrogens is 376 g/mol. The van der Waals surface area contributed by atoms with Crippen molar-refractivity contribution in [3.63, 3.8) is 0 Å². The van der Waals surface area contributed by atoms with Gasteiger partial charge in [0.15, 0.2) is 0 Å². The van der Waals surface area contributed by atoms with E-state index < -0.39 is 33.7 Å². The Bertz CT molecular complexity index is 780. The Kier molecular flexibility index (Phi) is 6.44. The molecule has 2 heterocycles. The summed E-state index contributed by atoms with van der Waals surface area (Å²) in [5, 5.41) is 2.39. The molecule has 1 unspecified atom stereocenters. The fraction of sp³-hybridized carbons (Fsp3) is 0.611. The van der Waals surface area contributed by atoms with E-state index >= 15 is 0 Å². The van der Waals surface area contributed by atoms with Gasteiger partial charge in [-0.25, -0.2) is 8.78 Å². The predicted molar refractivity (Wildman–Crippen MR) is 98.2 cm³/mol. The van der Waals surface area contributed by atoms with E-state index in [-0.39, 0.29) is 12.2 Å². The Morgan fingerprint density at radius 1 is 1.00 bits per heavy atom. The van der Waals surface area contributed by atoms with Gasteiger partial charge in [0.1, 0.15) is 11.6 Å². The molecule has 1 aromatic rings. The Balaban J connectivity index is 1.67. The molecule has 1 amide bonds. The molecule has 2 fully saturated rings. The Morgan fingerprint density at radius 2 is 1.67 bits per heavy atom. The predicted octanol–water partition coefficient (Wildman–Crippen LogP) is 2.74. The van der Waals surface area contributed by atoms with Crippen molar-refractivity contribution in [2.75, 3.05) is 31.5 Å². The van der Waals surface area contributed by atoms with E-state index in [0.717, 1.165) is 43.9 Å². The Labute approximate surface area is 158 Å². The number of benzene rings is 1. The SMILES string of the molecule is O=C(Nc1cc(F)ccc1F)C1CCCN(S(=O)(=O)N2CCCCCC2)C1. The second-order valence-corrected chi connectivity index (χ2v) is 9.06. The van der Waals surface area contributed by atoms with E-state index in [1.54, 1.807) is 0 Å². The quantitative estimate of drug-likeness (QED) is 0.843. The number of piperidine rings is 1. The molecule has 1 N–H and O–H groups in total. The average molecular weight is 401 g/mol. The van der Waals surface area contributed by atoms with Crippen molar-refractivity contribution in [1.29, 1.82) is 0 Å². The summed E-state index contributed by atoms with van der Waals surface area (Å²) in [5.41, 5.74) is -0.229. The van der Waals surface area contributed by atoms with Crippen molar-refractivity contribution in [3.05, 3.63) is 29.8 Å². The lowest BCUT2D eigenvalue weighted by molar-refractivity contribution is -0.120. The molecule has 1 atom stereocenters. The van der Waals surface area contributed by atoms with Gasteiger partial charge in [-0.2, -0.15) is 17.0 Å². The van der Waals surface area contributed by atoms with Crippen LogP contribution in [0.2, 0.25) is 0 Å². The van der Waals surface area contributed by atoms with E-state index in [2.05, 4.69) is 5.32 Å². The fourth-order valence-corrected chi connectivity index (χ4v) is 5.40. The first kappa shape index (κ1) is 20.2. The van der Waals surface area contributed by atoms with Crippen LogP contribution in [0.4, 0.5) is 14.5 Å². The molecule has 9 heteroatoms. The van der Waals surface area contributed by atoms with Crippen LogP contribution < -0.4 is 5.32 Å². The number of hydrogen-bond acceptors (Lipinski definition) is 3. The van der Waals surface area contributed by atoms with Crippen molar-refractivity contribution < 1.29 is 22.0 Å². The molecule has 27 heavy (non-hydrogen) atoms. The third-order valence-corrected chi connectivity index (χ3v) is 7.16. The van der Waals surface area contributed by atoms with Gasteiger partial charge in [-0.05, 0) is 37.8 Å². The normalized spacial score (nSPS) is 23.0. The van der Waals surface area contributed by atoms with Gasteiger partial charge in [-0.3, -0.25) is 4.79 Å². The third-order valence-electron chi connectivity index (χ3n) is 5.16. The smallest absolute Gasteiger partial charge is 0.281 e. The lowest BCUT2D eigenvalue weighted by atomic mass is 9.98. The zero-order valence-electron chi connectivity index (χ0n) is 15.2. The van der Waals surface area contributed by atoms with Gasteiger partial charge < -0.3 is 5.32 Å². The molecule has 0 saturated carbocycles. The maximum atomic E-state index is 13.8. The number of carbonyl (C=O) groups excluding carboxylic acids is 1. The zero-order valence-corrected chi connectivity index (χ0v) is 16.0. The van der Waals surface area contributed by atoms with Crippen molar-refractivity contribution in [3.8, 4) is 0 Å². The highest BCUT2D eigenvalue weighted by Crippen LogP contribution is 2.25. The summed E-state index contributed by atoms with van der Waals surface area (Å²) >= 11 is 0. The molecule has 1 aromatic carbocycles. The van der Waals surface area contributed by atoms with Gasteiger partial charge in [-0.15, -0.1) is 0 Å². The van der Waals surface area contributed by atoms with Crippen LogP contribution in [-0.4, -0.2) is 49.1 Å². The highest BCUT2D eigenvalue weighted by Gasteiger charge is 2.36. The summed E-state index contributed by atoms with van der Waals surface area (Å²) in [7, 11) is -3.61. The second-order valence-electron chi connectivity index (χ2n) is 7.13. The molecular formula is C18H25F2N3O3S. The van der Waals surface area contributed by atoms with E-state index in [4.69, 9.17) is 0 Å². The largest absolute Gasteiger partial charge is 0.323 e. The average Bonchev–Trinajstić information content (AvgIpc) is 2.95. The molecule has 150 valence electrons. The van der Waals surface area contributed by atoms with E-state index in [0.29, 0.717) is 32.5 Å². The Hall–Kier alpha value is -1.58. The zero-order chi connectivity index (χ0) is 19.4. The van der Waals surface area contributed by atoms with Crippen LogP contribution in [0.3, 0.4) is 0 Å². The molecule has 0 aromatic heterocycles. The first-order chi connectivity index (χ1) is 12.9. The number of nitrogens with zero attached hydrogens (tertiary/aromatic N) is 2. The van der Waals surface area contributed by atoms with Crippen LogP contribution in [0.1, 0.15) is 38.5 Å². The summed E-state index contributed by atoms with van der Waals surface area (Å²) in [6.07, 6.45) is 4.80. The second kappa shape index (κ2) is 8.62. The van der Waals surface area contributed by atoms with Crippen molar-refractivity contribution in [2.24, 2.45) is 5.92 Å². The van der Waals surface area contributed by atoms with Crippen LogP contribution in [0.5, 0.6) is 0 Å². The number of rotatable bonds is 4. The number of amides is 1. The minimum absolute atomic E-state index is 0.0571. The minimum atomic E-state index is -3.61. The van der Waals surface area contributed by atoms with E-state index in [1.165, 1.54) is 8.61 Å². The first-order valence-corrected chi connectivity index (χ1v) is 10.8. The van der Waals surface area contributed by atoms with E-state index in [9.17, 15) is 22.0 Å². The topological polar surface area (TPSA) is 69.7 Å². The van der Waals surface area contributed by atoms with Gasteiger partial charge in [0, 0.05) is 32.2 Å². The summed E-state index contributed by atoms with van der Waals surface area (Å²) in [6.45, 7) is 1.44. The van der Waals surface area contributed by atoms with Gasteiger partial charge in [0.25, 0.3) is 10.2 Å². The van der Waals surface area contributed by atoms with Gasteiger partial charge in [-0.1, -0.05) is 12.8 Å². The van der Waals surface area contributed by atoms with Crippen molar-refractivity contribution in [1.82, 2.24) is 8.61 Å². The summed E-state index contributed by atoms with van der Waals surface area (Å²) in [6, 6.07) is 2.84. The Morgan fingerprint density at radius 3 is 2.37 bits per heavy atom. The molecule has 0 bridgehead atoms. The highest BCUT2D eigenvalue weighted by atomic mass is 32.2. The fourth-order valence-electron chi connectivity index (χ4n) is 3.63. The molecule has 2 aliphatic rings. The number of anilines is 1. The van der Waals surface area contributed by atoms with Crippen LogP contribution >= 0.6 is 0 Å². The van der Waals surface area contributed by atoms with Gasteiger partial charge >= 0.3 is 0 Å². The molecule has 0 radical (unpaired) electrons. The van der Waals surface area contributed by atoms with Crippen LogP contribution in [-0.2, 0) is 15.0 Å². The van der Waals surface area contributed by atoms with Crippen LogP contribution in [0.15, 0.2) is 18.2 Å². The maximum Gasteiger partial charge on any atom is 0.281 e. The van der Waals surface area contributed by atoms with Crippen LogP contribution in [0, 0.1) is 17.6 Å². The van der Waals surface area contributed by atoms with Crippen molar-refractivity contribution >= 4 is 21.8 Å². The number of carbonyl (C=O) groups is 1. The summed E-state index contributed by atoms with van der Waals surface area (Å²) in [5.74, 6) is -2.46. The molecule has 0 spiro atoms. The molecule has 0 aliphatic carbocycles. The standard InChI is InChI=1S/C18H25F2N3O3S/c19-15-7-8-16(20)17(12-15)21-18(24)14-6-5-11-23(13-14)27(25,26)22-9-3-1-2-4-10-22/h7-8,12,14H,1-6,9-11,13H2,(H,21,24). The molecule has 6 nitrogen and oxygen atoms in total. The van der Waals surface area contributed by atoms with Gasteiger partial charge in [0.05, 0.1) is 11.6 Å². The number of nitrogens with one attached hydrogen (secondary N) is 1.